The quantitative estimate of drug-likeness (QED) is 0.585. The Kier molecular flexibility index (Phi) is 5.94. The van der Waals surface area contributed by atoms with Gasteiger partial charge in [0.15, 0.2) is 0 Å². The number of anilines is 4. The molecule has 0 unspecified atom stereocenters. The van der Waals surface area contributed by atoms with E-state index in [0.717, 1.165) is 48.6 Å². The van der Waals surface area contributed by atoms with E-state index in [1.807, 2.05) is 31.4 Å². The molecule has 9 heteroatoms. The highest BCUT2D eigenvalue weighted by molar-refractivity contribution is 5.79. The molecule has 0 bridgehead atoms. The van der Waals surface area contributed by atoms with E-state index in [1.165, 1.54) is 0 Å². The van der Waals surface area contributed by atoms with Crippen LogP contribution in [0, 0.1) is 0 Å². The van der Waals surface area contributed by atoms with E-state index >= 15 is 0 Å². The van der Waals surface area contributed by atoms with Gasteiger partial charge in [0.25, 0.3) is 0 Å². The van der Waals surface area contributed by atoms with Crippen molar-refractivity contribution in [2.45, 2.75) is 18.9 Å². The van der Waals surface area contributed by atoms with Crippen LogP contribution in [0.25, 0.3) is 11.3 Å². The van der Waals surface area contributed by atoms with Gasteiger partial charge < -0.3 is 25.6 Å². The van der Waals surface area contributed by atoms with E-state index in [0.29, 0.717) is 23.4 Å². The normalized spacial score (nSPS) is 14.8. The molecule has 3 N–H and O–H groups in total. The van der Waals surface area contributed by atoms with Crippen LogP contribution in [0.15, 0.2) is 36.8 Å². The zero-order chi connectivity index (χ0) is 22.0. The van der Waals surface area contributed by atoms with E-state index in [-0.39, 0.29) is 0 Å². The molecule has 1 saturated heterocycles. The highest BCUT2D eigenvalue weighted by atomic mass is 16.5. The lowest BCUT2D eigenvalue weighted by atomic mass is 10.0. The van der Waals surface area contributed by atoms with Gasteiger partial charge in [-0.1, -0.05) is 0 Å². The minimum Gasteiger partial charge on any atom is -0.494 e. The lowest BCUT2D eigenvalue weighted by Gasteiger charge is -2.37. The minimum atomic E-state index is 0.471. The predicted molar refractivity (Wildman–Crippen MR) is 124 cm³/mol. The number of hydrogen-bond donors (Lipinski definition) is 2. The number of aromatic nitrogens is 4. The average Bonchev–Trinajstić information content (AvgIpc) is 3.21. The molecular weight excluding hydrogens is 392 g/mol. The van der Waals surface area contributed by atoms with Crippen LogP contribution in [0.4, 0.5) is 23.0 Å². The third kappa shape index (κ3) is 4.56. The molecule has 4 rings (SSSR count). The lowest BCUT2D eigenvalue weighted by Crippen LogP contribution is -2.42. The van der Waals surface area contributed by atoms with Gasteiger partial charge in [-0.15, -0.1) is 0 Å². The fraction of sp³-hybridized carbons (Fsp3) is 0.409. The molecule has 0 atom stereocenters. The maximum absolute atomic E-state index is 6.45. The van der Waals surface area contributed by atoms with Crippen LogP contribution in [-0.4, -0.2) is 65.0 Å². The molecule has 0 aliphatic carbocycles. The number of ether oxygens (including phenoxy) is 1. The van der Waals surface area contributed by atoms with E-state index in [9.17, 15) is 0 Å². The van der Waals surface area contributed by atoms with Crippen molar-refractivity contribution in [3.8, 4) is 17.0 Å². The SMILES string of the molecule is COc1cc(N2CCC(N(C)C)CC2)c(N)cc1Nc1nccc(-c2cnn(C)c2)n1. The Morgan fingerprint density at radius 1 is 1.23 bits per heavy atom. The molecule has 0 amide bonds. The van der Waals surface area contributed by atoms with Crippen molar-refractivity contribution in [1.82, 2.24) is 24.6 Å². The van der Waals surface area contributed by atoms with Gasteiger partial charge in [-0.05, 0) is 39.1 Å². The summed E-state index contributed by atoms with van der Waals surface area (Å²) in [4.78, 5) is 13.6. The molecule has 0 saturated carbocycles. The van der Waals surface area contributed by atoms with Crippen molar-refractivity contribution in [2.24, 2.45) is 7.05 Å². The molecule has 3 aromatic rings. The largest absolute Gasteiger partial charge is 0.494 e. The first-order valence-electron chi connectivity index (χ1n) is 10.4. The number of piperidine rings is 1. The highest BCUT2D eigenvalue weighted by Gasteiger charge is 2.23. The monoisotopic (exact) mass is 422 g/mol. The fourth-order valence-corrected chi connectivity index (χ4v) is 4.00. The molecule has 1 aliphatic rings. The first-order chi connectivity index (χ1) is 14.9. The zero-order valence-electron chi connectivity index (χ0n) is 18.5. The molecule has 9 nitrogen and oxygen atoms in total. The summed E-state index contributed by atoms with van der Waals surface area (Å²) in [5, 5.41) is 7.46. The van der Waals surface area contributed by atoms with Gasteiger partial charge in [0.2, 0.25) is 5.95 Å². The molecule has 164 valence electrons. The molecule has 1 fully saturated rings. The summed E-state index contributed by atoms with van der Waals surface area (Å²) in [6.07, 6.45) is 7.64. The predicted octanol–water partition coefficient (Wildman–Crippen LogP) is 2.74. The summed E-state index contributed by atoms with van der Waals surface area (Å²) in [5.74, 6) is 1.17. The van der Waals surface area contributed by atoms with Crippen molar-refractivity contribution in [3.05, 3.63) is 36.8 Å². The second-order valence-electron chi connectivity index (χ2n) is 8.09. The van der Waals surface area contributed by atoms with Gasteiger partial charge in [0, 0.05) is 50.2 Å². The number of nitrogens with two attached hydrogens (primary N) is 1. The van der Waals surface area contributed by atoms with E-state index < -0.39 is 0 Å². The van der Waals surface area contributed by atoms with Crippen LogP contribution in [0.2, 0.25) is 0 Å². The number of benzene rings is 1. The van der Waals surface area contributed by atoms with Crippen LogP contribution in [0.3, 0.4) is 0 Å². The lowest BCUT2D eigenvalue weighted by molar-refractivity contribution is 0.249. The van der Waals surface area contributed by atoms with Gasteiger partial charge >= 0.3 is 0 Å². The number of nitrogens with one attached hydrogen (secondary N) is 1. The Balaban J connectivity index is 1.55. The van der Waals surface area contributed by atoms with Crippen LogP contribution in [-0.2, 0) is 7.05 Å². The maximum atomic E-state index is 6.45. The smallest absolute Gasteiger partial charge is 0.227 e. The zero-order valence-corrected chi connectivity index (χ0v) is 18.5. The number of hydrogen-bond acceptors (Lipinski definition) is 8. The molecule has 0 spiro atoms. The Hall–Kier alpha value is -3.33. The van der Waals surface area contributed by atoms with Gasteiger partial charge in [-0.3, -0.25) is 4.68 Å². The molecule has 1 aromatic carbocycles. The number of aryl methyl sites for hydroxylation is 1. The Bertz CT molecular complexity index is 1040. The Labute approximate surface area is 182 Å². The number of methoxy groups -OCH3 is 1. The summed E-state index contributed by atoms with van der Waals surface area (Å²) in [6, 6.07) is 6.36. The van der Waals surface area contributed by atoms with E-state index in [4.69, 9.17) is 10.5 Å². The molecule has 3 heterocycles. The van der Waals surface area contributed by atoms with Crippen molar-refractivity contribution >= 4 is 23.0 Å². The topological polar surface area (TPSA) is 97.4 Å². The second-order valence-corrected chi connectivity index (χ2v) is 8.09. The molecule has 2 aromatic heterocycles. The molecule has 1 aliphatic heterocycles. The van der Waals surface area contributed by atoms with Gasteiger partial charge in [-0.2, -0.15) is 5.10 Å². The van der Waals surface area contributed by atoms with Crippen LogP contribution >= 0.6 is 0 Å². The third-order valence-corrected chi connectivity index (χ3v) is 5.79. The van der Waals surface area contributed by atoms with E-state index in [1.54, 1.807) is 24.2 Å². The van der Waals surface area contributed by atoms with Crippen LogP contribution in [0.5, 0.6) is 5.75 Å². The van der Waals surface area contributed by atoms with Crippen molar-refractivity contribution < 1.29 is 4.74 Å². The Morgan fingerprint density at radius 3 is 2.65 bits per heavy atom. The van der Waals surface area contributed by atoms with Crippen LogP contribution in [0.1, 0.15) is 12.8 Å². The highest BCUT2D eigenvalue weighted by Crippen LogP contribution is 2.37. The van der Waals surface area contributed by atoms with Crippen molar-refractivity contribution in [1.29, 1.82) is 0 Å². The molecular formula is C22H30N8O. The van der Waals surface area contributed by atoms with Gasteiger partial charge in [0.05, 0.1) is 36.1 Å². The second kappa shape index (κ2) is 8.81. The van der Waals surface area contributed by atoms with Crippen LogP contribution < -0.4 is 20.7 Å². The number of nitrogens with zero attached hydrogens (tertiary/aromatic N) is 6. The molecule has 0 radical (unpaired) electrons. The Morgan fingerprint density at radius 2 is 2.00 bits per heavy atom. The summed E-state index contributed by atoms with van der Waals surface area (Å²) in [7, 11) is 7.82. The molecule has 31 heavy (non-hydrogen) atoms. The average molecular weight is 423 g/mol. The first kappa shape index (κ1) is 20.9. The standard InChI is InChI=1S/C22H30N8O/c1-28(2)16-6-9-30(10-7-16)20-12-21(31-4)19(11-17(20)23)27-22-24-8-5-18(26-22)15-13-25-29(3)14-15/h5,8,11-14,16H,6-7,9-10,23H2,1-4H3,(H,24,26,27). The van der Waals surface area contributed by atoms with E-state index in [2.05, 4.69) is 44.3 Å². The third-order valence-electron chi connectivity index (χ3n) is 5.79. The number of rotatable bonds is 6. The summed E-state index contributed by atoms with van der Waals surface area (Å²) in [5.41, 5.74) is 10.6. The maximum Gasteiger partial charge on any atom is 0.227 e. The van der Waals surface area contributed by atoms with Crippen molar-refractivity contribution in [2.75, 3.05) is 50.2 Å². The summed E-state index contributed by atoms with van der Waals surface area (Å²) in [6.45, 7) is 1.94. The van der Waals surface area contributed by atoms with Crippen molar-refractivity contribution in [3.63, 3.8) is 0 Å². The fourth-order valence-electron chi connectivity index (χ4n) is 4.00. The number of nitrogen functional groups attached to an aromatic ring is 1. The van der Waals surface area contributed by atoms with Gasteiger partial charge in [0.1, 0.15) is 5.75 Å². The first-order valence-corrected chi connectivity index (χ1v) is 10.4. The van der Waals surface area contributed by atoms with Gasteiger partial charge in [-0.25, -0.2) is 9.97 Å². The summed E-state index contributed by atoms with van der Waals surface area (Å²) >= 11 is 0. The summed E-state index contributed by atoms with van der Waals surface area (Å²) < 4.78 is 7.40. The minimum absolute atomic E-state index is 0.471.